The molecular weight excluding hydrogens is 756 g/mol. The average molecular weight is 809 g/mol. The summed E-state index contributed by atoms with van der Waals surface area (Å²) in [6, 6.07) is 28.7. The van der Waals surface area contributed by atoms with Gasteiger partial charge in [0.25, 0.3) is 0 Å². The fraction of sp³-hybridized carbons (Fsp3) is 0.488. The maximum absolute atomic E-state index is 12.6. The summed E-state index contributed by atoms with van der Waals surface area (Å²) in [5, 5.41) is 0. The van der Waals surface area contributed by atoms with Gasteiger partial charge in [0, 0.05) is 34.3 Å². The van der Waals surface area contributed by atoms with Crippen LogP contribution < -0.4 is 0 Å². The Morgan fingerprint density at radius 3 is 1.55 bits per heavy atom. The minimum atomic E-state index is -1.47. The van der Waals surface area contributed by atoms with Crippen molar-refractivity contribution in [2.24, 2.45) is 0 Å². The Balaban J connectivity index is 1.52. The molecule has 0 saturated carbocycles. The molecule has 0 spiro atoms. The smallest absolute Gasteiger partial charge is 0.303 e. The van der Waals surface area contributed by atoms with Crippen LogP contribution in [0.5, 0.6) is 0 Å². The summed E-state index contributed by atoms with van der Waals surface area (Å²) in [6.07, 6.45) is -11.3. The second-order valence-corrected chi connectivity index (χ2v) is 13.7. The van der Waals surface area contributed by atoms with Crippen LogP contribution in [0.1, 0.15) is 51.3 Å². The zero-order valence-corrected chi connectivity index (χ0v) is 33.3. The molecule has 0 aromatic heterocycles. The quantitative estimate of drug-likeness (QED) is 0.108. The van der Waals surface area contributed by atoms with Gasteiger partial charge in [-0.3, -0.25) is 19.2 Å². The first-order valence-electron chi connectivity index (χ1n) is 19.2. The van der Waals surface area contributed by atoms with E-state index in [4.69, 9.17) is 52.1 Å². The molecule has 3 aromatic carbocycles. The second kappa shape index (κ2) is 22.4. The average Bonchev–Trinajstić information content (AvgIpc) is 3.71. The third kappa shape index (κ3) is 13.1. The lowest BCUT2D eigenvalue weighted by molar-refractivity contribution is -0.251. The molecule has 314 valence electrons. The minimum Gasteiger partial charge on any atom is -0.462 e. The molecule has 2 aliphatic rings. The van der Waals surface area contributed by atoms with Crippen molar-refractivity contribution in [2.45, 2.75) is 116 Å². The van der Waals surface area contributed by atoms with Crippen LogP contribution in [0, 0.1) is 0 Å². The Bertz CT molecular complexity index is 1730. The number of hydrogen-bond donors (Lipinski definition) is 0. The van der Waals surface area contributed by atoms with Crippen molar-refractivity contribution in [1.29, 1.82) is 0 Å². The van der Waals surface area contributed by atoms with Gasteiger partial charge in [0.05, 0.1) is 26.4 Å². The summed E-state index contributed by atoms with van der Waals surface area (Å²) in [4.78, 5) is 49.2. The summed E-state index contributed by atoms with van der Waals surface area (Å²) in [6.45, 7) is 6.83. The Hall–Kier alpha value is -4.74. The highest BCUT2D eigenvalue weighted by Gasteiger charge is 2.57. The van der Waals surface area contributed by atoms with E-state index in [0.717, 1.165) is 30.5 Å². The van der Waals surface area contributed by atoms with E-state index in [9.17, 15) is 19.2 Å². The van der Waals surface area contributed by atoms with Gasteiger partial charge in [0.1, 0.15) is 37.1 Å². The van der Waals surface area contributed by atoms with Gasteiger partial charge in [-0.15, -0.1) is 0 Å². The molecule has 0 radical (unpaired) electrons. The third-order valence-corrected chi connectivity index (χ3v) is 9.12. The van der Waals surface area contributed by atoms with Crippen LogP contribution in [0.15, 0.2) is 91.0 Å². The minimum absolute atomic E-state index is 0.106. The molecule has 2 heterocycles. The van der Waals surface area contributed by atoms with Crippen molar-refractivity contribution < 1.29 is 71.3 Å². The number of carbonyl (C=O) groups is 4. The molecule has 2 fully saturated rings. The Labute approximate surface area is 338 Å². The van der Waals surface area contributed by atoms with E-state index in [1.807, 2.05) is 97.9 Å². The fourth-order valence-electron chi connectivity index (χ4n) is 6.71. The van der Waals surface area contributed by atoms with Gasteiger partial charge in [-0.05, 0) is 23.6 Å². The van der Waals surface area contributed by atoms with Crippen molar-refractivity contribution in [3.8, 4) is 0 Å². The lowest BCUT2D eigenvalue weighted by Gasteiger charge is -2.32. The normalized spacial score (nSPS) is 25.1. The van der Waals surface area contributed by atoms with E-state index in [2.05, 4.69) is 0 Å². The van der Waals surface area contributed by atoms with Crippen molar-refractivity contribution in [1.82, 2.24) is 0 Å². The number of esters is 4. The molecule has 0 unspecified atom stereocenters. The molecule has 5 rings (SSSR count). The molecule has 3 aromatic rings. The standard InChI is InChI=1S/C43H52O15/c1-6-49-42-40(52-24-33-20-14-9-15-21-33)38(51-23-32-18-12-8-13-19-32)36(57-42)34(25-48-22-31-16-10-7-11-17-31)56-43-41(55-30(5)47)39(54-29(4)46)37(58-43)35(53-28(3)45)26-50-27(2)44/h7-21,34-43H,6,22-26H2,1-5H3/t34-,35-,36+,37+,38+,39+,40-,41-,42-,43-/m1/s1. The molecule has 10 atom stereocenters. The summed E-state index contributed by atoms with van der Waals surface area (Å²) in [7, 11) is 0. The van der Waals surface area contributed by atoms with Crippen molar-refractivity contribution in [3.63, 3.8) is 0 Å². The predicted octanol–water partition coefficient (Wildman–Crippen LogP) is 4.60. The third-order valence-electron chi connectivity index (χ3n) is 9.12. The number of rotatable bonds is 21. The molecular formula is C43H52O15. The first kappa shape index (κ1) is 44.4. The molecule has 0 amide bonds. The highest BCUT2D eigenvalue weighted by Crippen LogP contribution is 2.37. The lowest BCUT2D eigenvalue weighted by Crippen LogP contribution is -2.49. The highest BCUT2D eigenvalue weighted by atomic mass is 16.8. The van der Waals surface area contributed by atoms with Crippen molar-refractivity contribution in [3.05, 3.63) is 108 Å². The van der Waals surface area contributed by atoms with Gasteiger partial charge in [-0.25, -0.2) is 0 Å². The van der Waals surface area contributed by atoms with Crippen molar-refractivity contribution >= 4 is 23.9 Å². The van der Waals surface area contributed by atoms with Crippen molar-refractivity contribution in [2.75, 3.05) is 19.8 Å². The molecule has 2 saturated heterocycles. The van der Waals surface area contributed by atoms with E-state index in [-0.39, 0.29) is 33.0 Å². The van der Waals surface area contributed by atoms with Gasteiger partial charge in [0.2, 0.25) is 0 Å². The topological polar surface area (TPSA) is 170 Å². The zero-order chi connectivity index (χ0) is 41.4. The molecule has 0 bridgehead atoms. The van der Waals surface area contributed by atoms with Crippen LogP contribution in [0.2, 0.25) is 0 Å². The van der Waals surface area contributed by atoms with Gasteiger partial charge >= 0.3 is 23.9 Å². The first-order valence-corrected chi connectivity index (χ1v) is 19.2. The number of ether oxygens (including phenoxy) is 11. The van der Waals surface area contributed by atoms with Crippen LogP contribution >= 0.6 is 0 Å². The van der Waals surface area contributed by atoms with Crippen LogP contribution in [-0.4, -0.2) is 105 Å². The molecule has 0 aliphatic carbocycles. The van der Waals surface area contributed by atoms with Crippen LogP contribution in [0.25, 0.3) is 0 Å². The predicted molar refractivity (Wildman–Crippen MR) is 203 cm³/mol. The molecule has 15 heteroatoms. The summed E-state index contributed by atoms with van der Waals surface area (Å²) in [5.74, 6) is -2.89. The molecule has 0 N–H and O–H groups in total. The number of carbonyl (C=O) groups excluding carboxylic acids is 4. The Morgan fingerprint density at radius 1 is 0.534 bits per heavy atom. The largest absolute Gasteiger partial charge is 0.462 e. The van der Waals surface area contributed by atoms with Crippen LogP contribution in [0.3, 0.4) is 0 Å². The zero-order valence-electron chi connectivity index (χ0n) is 33.3. The van der Waals surface area contributed by atoms with Crippen LogP contribution in [0.4, 0.5) is 0 Å². The molecule has 15 nitrogen and oxygen atoms in total. The Kier molecular flexibility index (Phi) is 17.1. The maximum Gasteiger partial charge on any atom is 0.303 e. The summed E-state index contributed by atoms with van der Waals surface area (Å²) < 4.78 is 67.3. The monoisotopic (exact) mass is 808 g/mol. The van der Waals surface area contributed by atoms with E-state index in [1.54, 1.807) is 0 Å². The first-order chi connectivity index (χ1) is 28.0. The number of benzene rings is 3. The fourth-order valence-corrected chi connectivity index (χ4v) is 6.71. The Morgan fingerprint density at radius 2 is 1.03 bits per heavy atom. The van der Waals surface area contributed by atoms with Gasteiger partial charge < -0.3 is 52.1 Å². The van der Waals surface area contributed by atoms with Crippen LogP contribution in [-0.2, 0) is 91.1 Å². The van der Waals surface area contributed by atoms with E-state index in [0.29, 0.717) is 0 Å². The van der Waals surface area contributed by atoms with Gasteiger partial charge in [0.15, 0.2) is 30.9 Å². The maximum atomic E-state index is 12.6. The number of hydrogen-bond acceptors (Lipinski definition) is 15. The SMILES string of the molecule is CCO[C@@H]1O[C@@H]([C@@H](COCc2ccccc2)O[C@@H]2O[C@@H]([C@@H](COC(C)=O)OC(C)=O)[C@H](OC(C)=O)[C@H]2OC(C)=O)[C@H](OCc2ccccc2)[C@H]1OCc1ccccc1. The van der Waals surface area contributed by atoms with Gasteiger partial charge in [-0.1, -0.05) is 91.0 Å². The van der Waals surface area contributed by atoms with E-state index < -0.39 is 91.9 Å². The lowest BCUT2D eigenvalue weighted by atomic mass is 10.0. The molecule has 2 aliphatic heterocycles. The van der Waals surface area contributed by atoms with Gasteiger partial charge in [-0.2, -0.15) is 0 Å². The second-order valence-electron chi connectivity index (χ2n) is 13.7. The molecule has 58 heavy (non-hydrogen) atoms. The van der Waals surface area contributed by atoms with E-state index >= 15 is 0 Å². The van der Waals surface area contributed by atoms with E-state index in [1.165, 1.54) is 13.8 Å². The highest BCUT2D eigenvalue weighted by molar-refractivity contribution is 5.68. The summed E-state index contributed by atoms with van der Waals surface area (Å²) >= 11 is 0. The summed E-state index contributed by atoms with van der Waals surface area (Å²) in [5.41, 5.74) is 2.71.